The Bertz CT molecular complexity index is 451. The number of rotatable bonds is 4. The molecular weight excluding hydrogens is 272 g/mol. The van der Waals surface area contributed by atoms with E-state index >= 15 is 0 Å². The van der Waals surface area contributed by atoms with Crippen LogP contribution in [0, 0.1) is 6.92 Å². The Morgan fingerprint density at radius 3 is 2.41 bits per heavy atom. The largest absolute Gasteiger partial charge is 0.391 e. The Kier molecular flexibility index (Phi) is 5.51. The molecule has 22 heavy (non-hydrogen) atoms. The van der Waals surface area contributed by atoms with Gasteiger partial charge in [0.25, 0.3) is 0 Å². The van der Waals surface area contributed by atoms with Crippen molar-refractivity contribution in [1.82, 2.24) is 10.2 Å². The van der Waals surface area contributed by atoms with E-state index in [1.807, 2.05) is 0 Å². The lowest BCUT2D eigenvalue weighted by Gasteiger charge is -2.41. The van der Waals surface area contributed by atoms with E-state index in [0.717, 1.165) is 26.1 Å². The minimum Gasteiger partial charge on any atom is -0.391 e. The molecule has 2 N–H and O–H groups in total. The van der Waals surface area contributed by atoms with E-state index in [9.17, 15) is 5.11 Å². The van der Waals surface area contributed by atoms with E-state index in [2.05, 4.69) is 41.4 Å². The van der Waals surface area contributed by atoms with Gasteiger partial charge in [-0.15, -0.1) is 0 Å². The maximum atomic E-state index is 10.2. The Hall–Kier alpha value is -0.900. The minimum absolute atomic E-state index is 0.0918. The molecule has 2 aliphatic rings. The average molecular weight is 302 g/mol. The molecule has 0 spiro atoms. The number of nitrogens with one attached hydrogen (secondary N) is 1. The highest BCUT2D eigenvalue weighted by Crippen LogP contribution is 2.25. The van der Waals surface area contributed by atoms with Crippen LogP contribution in [0.5, 0.6) is 0 Å². The number of hydrogen-bond donors (Lipinski definition) is 2. The second-order valence-corrected chi connectivity index (χ2v) is 7.10. The fourth-order valence-electron chi connectivity index (χ4n) is 3.92. The summed E-state index contributed by atoms with van der Waals surface area (Å²) >= 11 is 0. The van der Waals surface area contributed by atoms with Crippen molar-refractivity contribution >= 4 is 0 Å². The van der Waals surface area contributed by atoms with Gasteiger partial charge in [-0.2, -0.15) is 0 Å². The van der Waals surface area contributed by atoms with Crippen molar-refractivity contribution < 1.29 is 5.11 Å². The summed E-state index contributed by atoms with van der Waals surface area (Å²) in [5.41, 5.74) is 2.69. The third-order valence-electron chi connectivity index (χ3n) is 5.41. The number of likely N-dealkylation sites (tertiary alicyclic amines) is 1. The lowest BCUT2D eigenvalue weighted by molar-refractivity contribution is 0.00714. The van der Waals surface area contributed by atoms with Crippen molar-refractivity contribution in [3.63, 3.8) is 0 Å². The van der Waals surface area contributed by atoms with Gasteiger partial charge in [-0.3, -0.25) is 4.90 Å². The molecular formula is C19H30N2O. The molecule has 1 aliphatic carbocycles. The third-order valence-corrected chi connectivity index (χ3v) is 5.41. The molecule has 2 fully saturated rings. The smallest absolute Gasteiger partial charge is 0.0695 e. The maximum absolute atomic E-state index is 10.2. The number of piperidine rings is 1. The monoisotopic (exact) mass is 302 g/mol. The lowest BCUT2D eigenvalue weighted by Crippen LogP contribution is -2.51. The molecule has 0 aromatic heterocycles. The van der Waals surface area contributed by atoms with Crippen LogP contribution in [0.15, 0.2) is 24.3 Å². The molecule has 1 aliphatic heterocycles. The van der Waals surface area contributed by atoms with Crippen LogP contribution in [-0.4, -0.2) is 41.3 Å². The Morgan fingerprint density at radius 1 is 1.05 bits per heavy atom. The molecule has 2 atom stereocenters. The molecule has 0 amide bonds. The van der Waals surface area contributed by atoms with Gasteiger partial charge < -0.3 is 10.4 Å². The predicted molar refractivity (Wildman–Crippen MR) is 90.9 cm³/mol. The van der Waals surface area contributed by atoms with Crippen molar-refractivity contribution in [2.45, 2.75) is 70.2 Å². The summed E-state index contributed by atoms with van der Waals surface area (Å²) in [7, 11) is 0. The molecule has 3 rings (SSSR count). The van der Waals surface area contributed by atoms with E-state index in [1.165, 1.54) is 43.2 Å². The van der Waals surface area contributed by atoms with Gasteiger partial charge in [-0.1, -0.05) is 42.7 Å². The first kappa shape index (κ1) is 16.0. The standard InChI is InChI=1S/C19H30N2O/c1-15-6-8-16(9-7-15)14-20-17-10-12-21(13-11-17)18-4-2-3-5-19(18)22/h6-9,17-20,22H,2-5,10-14H2,1H3. The number of aryl methyl sites for hydroxylation is 1. The molecule has 1 saturated heterocycles. The van der Waals surface area contributed by atoms with Crippen molar-refractivity contribution in [3.05, 3.63) is 35.4 Å². The van der Waals surface area contributed by atoms with Crippen LogP contribution in [0.25, 0.3) is 0 Å². The van der Waals surface area contributed by atoms with Gasteiger partial charge in [0, 0.05) is 31.7 Å². The van der Waals surface area contributed by atoms with E-state index < -0.39 is 0 Å². The molecule has 0 radical (unpaired) electrons. The first-order valence-electron chi connectivity index (χ1n) is 8.93. The van der Waals surface area contributed by atoms with Gasteiger partial charge in [-0.25, -0.2) is 0 Å². The summed E-state index contributed by atoms with van der Waals surface area (Å²) in [5, 5.41) is 13.9. The molecule has 1 saturated carbocycles. The van der Waals surface area contributed by atoms with Crippen LogP contribution >= 0.6 is 0 Å². The zero-order valence-corrected chi connectivity index (χ0v) is 13.8. The second-order valence-electron chi connectivity index (χ2n) is 7.10. The van der Waals surface area contributed by atoms with E-state index in [1.54, 1.807) is 0 Å². The molecule has 2 unspecified atom stereocenters. The van der Waals surface area contributed by atoms with Crippen LogP contribution in [0.4, 0.5) is 0 Å². The highest BCUT2D eigenvalue weighted by molar-refractivity contribution is 5.21. The number of hydrogen-bond acceptors (Lipinski definition) is 3. The van der Waals surface area contributed by atoms with Gasteiger partial charge in [0.05, 0.1) is 6.10 Å². The van der Waals surface area contributed by atoms with Gasteiger partial charge in [0.15, 0.2) is 0 Å². The summed E-state index contributed by atoms with van der Waals surface area (Å²) in [6.07, 6.45) is 6.98. The van der Waals surface area contributed by atoms with Crippen molar-refractivity contribution in [1.29, 1.82) is 0 Å². The SMILES string of the molecule is Cc1ccc(CNC2CCN(C3CCCCC3O)CC2)cc1. The van der Waals surface area contributed by atoms with Crippen molar-refractivity contribution in [2.24, 2.45) is 0 Å². The summed E-state index contributed by atoms with van der Waals surface area (Å²) in [4.78, 5) is 2.54. The molecule has 1 aromatic carbocycles. The highest BCUT2D eigenvalue weighted by atomic mass is 16.3. The molecule has 3 heteroatoms. The number of benzene rings is 1. The fraction of sp³-hybridized carbons (Fsp3) is 0.684. The Balaban J connectivity index is 1.42. The zero-order valence-electron chi connectivity index (χ0n) is 13.8. The van der Waals surface area contributed by atoms with Crippen molar-refractivity contribution in [3.8, 4) is 0 Å². The summed E-state index contributed by atoms with van der Waals surface area (Å²) in [6.45, 7) is 5.37. The topological polar surface area (TPSA) is 35.5 Å². The minimum atomic E-state index is -0.0918. The Morgan fingerprint density at radius 2 is 1.73 bits per heavy atom. The highest BCUT2D eigenvalue weighted by Gasteiger charge is 2.31. The first-order chi connectivity index (χ1) is 10.7. The number of aliphatic hydroxyl groups is 1. The molecule has 0 bridgehead atoms. The third kappa shape index (κ3) is 4.09. The molecule has 122 valence electrons. The van der Waals surface area contributed by atoms with Gasteiger partial charge in [0.2, 0.25) is 0 Å². The predicted octanol–water partition coefficient (Wildman–Crippen LogP) is 2.85. The van der Waals surface area contributed by atoms with Gasteiger partial charge in [0.1, 0.15) is 0 Å². The van der Waals surface area contributed by atoms with Crippen molar-refractivity contribution in [2.75, 3.05) is 13.1 Å². The zero-order chi connectivity index (χ0) is 15.4. The second kappa shape index (κ2) is 7.58. The van der Waals surface area contributed by atoms with Crippen LogP contribution in [0.1, 0.15) is 49.7 Å². The van der Waals surface area contributed by atoms with Gasteiger partial charge >= 0.3 is 0 Å². The quantitative estimate of drug-likeness (QED) is 0.898. The molecule has 3 nitrogen and oxygen atoms in total. The van der Waals surface area contributed by atoms with Crippen LogP contribution in [0.2, 0.25) is 0 Å². The molecule has 1 aromatic rings. The normalized spacial score (nSPS) is 27.9. The average Bonchev–Trinajstić information content (AvgIpc) is 2.55. The van der Waals surface area contributed by atoms with E-state index in [4.69, 9.17) is 0 Å². The molecule has 1 heterocycles. The number of nitrogens with zero attached hydrogens (tertiary/aromatic N) is 1. The maximum Gasteiger partial charge on any atom is 0.0695 e. The summed E-state index contributed by atoms with van der Waals surface area (Å²) in [6, 6.07) is 9.85. The van der Waals surface area contributed by atoms with Crippen LogP contribution in [-0.2, 0) is 6.54 Å². The van der Waals surface area contributed by atoms with E-state index in [-0.39, 0.29) is 6.10 Å². The number of aliphatic hydroxyl groups excluding tert-OH is 1. The summed E-state index contributed by atoms with van der Waals surface area (Å²) < 4.78 is 0. The Labute approximate surface area is 134 Å². The van der Waals surface area contributed by atoms with Crippen LogP contribution < -0.4 is 5.32 Å². The van der Waals surface area contributed by atoms with Gasteiger partial charge in [-0.05, 0) is 38.2 Å². The summed E-state index contributed by atoms with van der Waals surface area (Å²) in [5.74, 6) is 0. The lowest BCUT2D eigenvalue weighted by atomic mass is 9.89. The van der Waals surface area contributed by atoms with Crippen LogP contribution in [0.3, 0.4) is 0 Å². The first-order valence-corrected chi connectivity index (χ1v) is 8.93. The fourth-order valence-corrected chi connectivity index (χ4v) is 3.92. The van der Waals surface area contributed by atoms with E-state index in [0.29, 0.717) is 12.1 Å².